The average molecular weight is 346 g/mol. The number of halogens is 1. The Kier molecular flexibility index (Phi) is 4.95. The zero-order chi connectivity index (χ0) is 15.7. The minimum absolute atomic E-state index is 0.305. The van der Waals surface area contributed by atoms with Gasteiger partial charge in [-0.2, -0.15) is 0 Å². The molecular weight excluding hydrogens is 322 g/mol. The van der Waals surface area contributed by atoms with Crippen molar-refractivity contribution in [2.75, 3.05) is 38.7 Å². The van der Waals surface area contributed by atoms with Crippen molar-refractivity contribution in [2.24, 2.45) is 0 Å². The molecular formula is C15H24ClN3O2S. The molecule has 0 bridgehead atoms. The number of aliphatic hydroxyl groups is 1. The molecule has 2 fully saturated rings. The van der Waals surface area contributed by atoms with Crippen LogP contribution in [0.15, 0.2) is 0 Å². The molecule has 124 valence electrons. The van der Waals surface area contributed by atoms with Gasteiger partial charge in [0, 0.05) is 40.3 Å². The Bertz CT molecular complexity index is 515. The zero-order valence-corrected chi connectivity index (χ0v) is 14.8. The topological polar surface area (TPSA) is 48.8 Å². The molecule has 2 saturated heterocycles. The van der Waals surface area contributed by atoms with Crippen LogP contribution in [0.3, 0.4) is 0 Å². The number of hydrogen-bond acceptors (Lipinski definition) is 6. The highest BCUT2D eigenvalue weighted by Gasteiger charge is 2.43. The highest BCUT2D eigenvalue weighted by Crippen LogP contribution is 2.36. The number of aromatic nitrogens is 1. The van der Waals surface area contributed by atoms with Crippen LogP contribution in [0.4, 0.5) is 5.13 Å². The number of anilines is 1. The smallest absolute Gasteiger partial charge is 0.186 e. The minimum atomic E-state index is -0.310. The fraction of sp³-hybridized carbons (Fsp3) is 0.800. The summed E-state index contributed by atoms with van der Waals surface area (Å²) in [6.07, 6.45) is 3.32. The van der Waals surface area contributed by atoms with Gasteiger partial charge < -0.3 is 14.7 Å². The van der Waals surface area contributed by atoms with Crippen molar-refractivity contribution in [3.63, 3.8) is 0 Å². The summed E-state index contributed by atoms with van der Waals surface area (Å²) in [6.45, 7) is 3.48. The molecule has 5 nitrogen and oxygen atoms in total. The van der Waals surface area contributed by atoms with E-state index in [0.717, 1.165) is 61.9 Å². The second kappa shape index (κ2) is 6.61. The molecule has 1 atom stereocenters. The SMILES string of the molecule is CN(C)c1nc(Cl)c(CN2CCC3(CC2)OCCC[C@H]3O)s1. The normalized spacial score (nSPS) is 25.5. The first kappa shape index (κ1) is 16.5. The van der Waals surface area contributed by atoms with E-state index < -0.39 is 0 Å². The van der Waals surface area contributed by atoms with Gasteiger partial charge in [0.1, 0.15) is 5.15 Å². The Balaban J connectivity index is 1.60. The van der Waals surface area contributed by atoms with Gasteiger partial charge in [-0.05, 0) is 25.7 Å². The van der Waals surface area contributed by atoms with Crippen molar-refractivity contribution in [2.45, 2.75) is 43.9 Å². The maximum atomic E-state index is 10.3. The second-order valence-corrected chi connectivity index (χ2v) is 7.87. The molecule has 3 rings (SSSR count). The van der Waals surface area contributed by atoms with Crippen molar-refractivity contribution in [3.05, 3.63) is 10.0 Å². The van der Waals surface area contributed by atoms with E-state index in [9.17, 15) is 5.11 Å². The molecule has 22 heavy (non-hydrogen) atoms. The van der Waals surface area contributed by atoms with Crippen molar-refractivity contribution < 1.29 is 9.84 Å². The number of thiazole rings is 1. The highest BCUT2D eigenvalue weighted by atomic mass is 35.5. The Morgan fingerprint density at radius 1 is 1.45 bits per heavy atom. The summed E-state index contributed by atoms with van der Waals surface area (Å²) in [5, 5.41) is 11.8. The van der Waals surface area contributed by atoms with E-state index in [1.807, 2.05) is 19.0 Å². The summed E-state index contributed by atoms with van der Waals surface area (Å²) in [7, 11) is 3.96. The molecule has 0 unspecified atom stereocenters. The Hall–Kier alpha value is -0.400. The van der Waals surface area contributed by atoms with Gasteiger partial charge in [0.15, 0.2) is 5.13 Å². The fourth-order valence-corrected chi connectivity index (χ4v) is 4.51. The Morgan fingerprint density at radius 3 is 2.77 bits per heavy atom. The van der Waals surface area contributed by atoms with E-state index in [2.05, 4.69) is 9.88 Å². The maximum absolute atomic E-state index is 10.3. The largest absolute Gasteiger partial charge is 0.390 e. The monoisotopic (exact) mass is 345 g/mol. The number of piperidine rings is 1. The Labute approximate surface area is 140 Å². The zero-order valence-electron chi connectivity index (χ0n) is 13.2. The lowest BCUT2D eigenvalue weighted by atomic mass is 9.82. The predicted octanol–water partition coefficient (Wildman–Crippen LogP) is 2.37. The number of ether oxygens (including phenoxy) is 1. The van der Waals surface area contributed by atoms with Crippen LogP contribution in [-0.4, -0.2) is 60.5 Å². The highest BCUT2D eigenvalue weighted by molar-refractivity contribution is 7.16. The van der Waals surface area contributed by atoms with E-state index >= 15 is 0 Å². The number of nitrogens with zero attached hydrogens (tertiary/aromatic N) is 3. The van der Waals surface area contributed by atoms with Gasteiger partial charge in [-0.25, -0.2) is 4.98 Å². The van der Waals surface area contributed by atoms with Crippen LogP contribution < -0.4 is 4.90 Å². The first-order valence-corrected chi connectivity index (χ1v) is 9.06. The number of likely N-dealkylation sites (tertiary alicyclic amines) is 1. The summed E-state index contributed by atoms with van der Waals surface area (Å²) in [6, 6.07) is 0. The number of aliphatic hydroxyl groups excluding tert-OH is 1. The third kappa shape index (κ3) is 3.26. The van der Waals surface area contributed by atoms with Crippen LogP contribution in [0.5, 0.6) is 0 Å². The molecule has 2 aliphatic rings. The van der Waals surface area contributed by atoms with Crippen molar-refractivity contribution >= 4 is 28.1 Å². The molecule has 0 amide bonds. The molecule has 1 N–H and O–H groups in total. The van der Waals surface area contributed by atoms with Crippen molar-refractivity contribution in [3.8, 4) is 0 Å². The lowest BCUT2D eigenvalue weighted by molar-refractivity contribution is -0.177. The molecule has 0 radical (unpaired) electrons. The summed E-state index contributed by atoms with van der Waals surface area (Å²) in [5.41, 5.74) is -0.305. The summed E-state index contributed by atoms with van der Waals surface area (Å²) in [4.78, 5) is 9.87. The molecule has 1 aromatic heterocycles. The summed E-state index contributed by atoms with van der Waals surface area (Å²) >= 11 is 7.90. The van der Waals surface area contributed by atoms with E-state index in [0.29, 0.717) is 5.15 Å². The quantitative estimate of drug-likeness (QED) is 0.911. The average Bonchev–Trinajstić information content (AvgIpc) is 2.86. The summed E-state index contributed by atoms with van der Waals surface area (Å²) < 4.78 is 5.96. The second-order valence-electron chi connectivity index (χ2n) is 6.45. The maximum Gasteiger partial charge on any atom is 0.186 e. The van der Waals surface area contributed by atoms with Crippen LogP contribution in [0, 0.1) is 0 Å². The van der Waals surface area contributed by atoms with Gasteiger partial charge in [-0.15, -0.1) is 0 Å². The lowest BCUT2D eigenvalue weighted by Crippen LogP contribution is -2.55. The fourth-order valence-electron chi connectivity index (χ4n) is 3.29. The summed E-state index contributed by atoms with van der Waals surface area (Å²) in [5.74, 6) is 0. The molecule has 0 saturated carbocycles. The van der Waals surface area contributed by atoms with E-state index in [1.165, 1.54) is 0 Å². The number of rotatable bonds is 3. The molecule has 0 aromatic carbocycles. The van der Waals surface area contributed by atoms with Crippen LogP contribution in [0.1, 0.15) is 30.6 Å². The first-order valence-electron chi connectivity index (χ1n) is 7.87. The molecule has 7 heteroatoms. The lowest BCUT2D eigenvalue weighted by Gasteiger charge is -2.46. The van der Waals surface area contributed by atoms with Crippen LogP contribution in [0.2, 0.25) is 5.15 Å². The van der Waals surface area contributed by atoms with E-state index in [-0.39, 0.29) is 11.7 Å². The van der Waals surface area contributed by atoms with Crippen LogP contribution in [-0.2, 0) is 11.3 Å². The third-order valence-electron chi connectivity index (χ3n) is 4.71. The standard InChI is InChI=1S/C15H24ClN3O2S/c1-18(2)14-17-13(16)11(22-14)10-19-7-5-15(6-8-19)12(20)4-3-9-21-15/h12,20H,3-10H2,1-2H3/t12-/m1/s1. The molecule has 0 aliphatic carbocycles. The van der Waals surface area contributed by atoms with Gasteiger partial charge in [-0.1, -0.05) is 22.9 Å². The first-order chi connectivity index (χ1) is 10.5. The van der Waals surface area contributed by atoms with Crippen molar-refractivity contribution in [1.29, 1.82) is 0 Å². The van der Waals surface area contributed by atoms with Gasteiger partial charge in [-0.3, -0.25) is 4.90 Å². The van der Waals surface area contributed by atoms with Crippen LogP contribution >= 0.6 is 22.9 Å². The van der Waals surface area contributed by atoms with E-state index in [4.69, 9.17) is 16.3 Å². The minimum Gasteiger partial charge on any atom is -0.390 e. The molecule has 1 aromatic rings. The third-order valence-corrected chi connectivity index (χ3v) is 6.34. The van der Waals surface area contributed by atoms with E-state index in [1.54, 1.807) is 11.3 Å². The van der Waals surface area contributed by atoms with Gasteiger partial charge in [0.25, 0.3) is 0 Å². The number of hydrogen-bond donors (Lipinski definition) is 1. The van der Waals surface area contributed by atoms with Crippen molar-refractivity contribution in [1.82, 2.24) is 9.88 Å². The Morgan fingerprint density at radius 2 is 2.18 bits per heavy atom. The van der Waals surface area contributed by atoms with Crippen LogP contribution in [0.25, 0.3) is 0 Å². The van der Waals surface area contributed by atoms with Gasteiger partial charge in [0.05, 0.1) is 16.6 Å². The molecule has 1 spiro atoms. The van der Waals surface area contributed by atoms with Gasteiger partial charge >= 0.3 is 0 Å². The molecule has 2 aliphatic heterocycles. The predicted molar refractivity (Wildman–Crippen MR) is 89.9 cm³/mol. The van der Waals surface area contributed by atoms with Gasteiger partial charge in [0.2, 0.25) is 0 Å². The molecule has 3 heterocycles.